The van der Waals surface area contributed by atoms with Crippen LogP contribution in [0.15, 0.2) is 48.5 Å². The maximum Gasteiger partial charge on any atom is 0.407 e. The molecular formula is C26H32N2O5S. The highest BCUT2D eigenvalue weighted by atomic mass is 32.2. The maximum atomic E-state index is 12.6. The third kappa shape index (κ3) is 6.32. The van der Waals surface area contributed by atoms with Crippen molar-refractivity contribution >= 4 is 29.7 Å². The smallest absolute Gasteiger partial charge is 0.407 e. The molecule has 0 aliphatic heterocycles. The number of ether oxygens (including phenoxy) is 1. The highest BCUT2D eigenvalue weighted by molar-refractivity contribution is 7.98. The molecule has 182 valence electrons. The average Bonchev–Trinajstić information content (AvgIpc) is 3.13. The molecule has 0 fully saturated rings. The molecule has 2 aromatic carbocycles. The molecule has 7 nitrogen and oxygen atoms in total. The maximum absolute atomic E-state index is 12.6. The Labute approximate surface area is 204 Å². The number of hydrogen-bond donors (Lipinski definition) is 3. The largest absolute Gasteiger partial charge is 0.480 e. The van der Waals surface area contributed by atoms with Crippen LogP contribution in [0.2, 0.25) is 0 Å². The Hall–Kier alpha value is -3.00. The lowest BCUT2D eigenvalue weighted by Crippen LogP contribution is -2.46. The first-order valence-corrected chi connectivity index (χ1v) is 12.8. The van der Waals surface area contributed by atoms with Gasteiger partial charge in [-0.1, -0.05) is 62.4 Å². The second-order valence-corrected chi connectivity index (χ2v) is 9.75. The first kappa shape index (κ1) is 25.6. The Balaban J connectivity index is 1.58. The normalized spacial score (nSPS) is 14.1. The van der Waals surface area contributed by atoms with Crippen LogP contribution >= 0.6 is 11.8 Å². The standard InChI is InChI=1S/C26H32N2O5S/c1-16(2)23(14-24(29)27-22(25(30)31)12-13-34-3)28-26(32)33-15-21-19-10-6-4-8-17(19)18-9-5-7-11-20(18)21/h4-11,16,21-23H,12-15H2,1-3H3,(H,27,29)(H,28,32)(H,30,31)/t22-,23+/m1/s1. The van der Waals surface area contributed by atoms with Gasteiger partial charge in [-0.05, 0) is 46.6 Å². The quantitative estimate of drug-likeness (QED) is 0.440. The van der Waals surface area contributed by atoms with Crippen molar-refractivity contribution in [2.24, 2.45) is 5.92 Å². The van der Waals surface area contributed by atoms with E-state index >= 15 is 0 Å². The summed E-state index contributed by atoms with van der Waals surface area (Å²) >= 11 is 1.52. The number of rotatable bonds is 11. The molecule has 2 atom stereocenters. The van der Waals surface area contributed by atoms with Gasteiger partial charge in [-0.15, -0.1) is 0 Å². The van der Waals surface area contributed by atoms with E-state index in [4.69, 9.17) is 4.74 Å². The number of carboxylic acid groups (broad SMARTS) is 1. The summed E-state index contributed by atoms with van der Waals surface area (Å²) in [7, 11) is 0. The molecule has 0 saturated carbocycles. The van der Waals surface area contributed by atoms with Gasteiger partial charge in [-0.3, -0.25) is 4.79 Å². The zero-order valence-corrected chi connectivity index (χ0v) is 20.6. The number of alkyl carbamates (subject to hydrolysis) is 1. The Morgan fingerprint density at radius 2 is 1.59 bits per heavy atom. The molecule has 0 unspecified atom stereocenters. The monoisotopic (exact) mass is 484 g/mol. The Morgan fingerprint density at radius 1 is 1.00 bits per heavy atom. The van der Waals surface area contributed by atoms with Gasteiger partial charge in [0.2, 0.25) is 5.91 Å². The van der Waals surface area contributed by atoms with E-state index < -0.39 is 30.1 Å². The van der Waals surface area contributed by atoms with Crippen LogP contribution in [0.4, 0.5) is 4.79 Å². The van der Waals surface area contributed by atoms with E-state index in [0.717, 1.165) is 22.3 Å². The molecule has 0 radical (unpaired) electrons. The van der Waals surface area contributed by atoms with E-state index in [0.29, 0.717) is 12.2 Å². The average molecular weight is 485 g/mol. The third-order valence-corrected chi connectivity index (χ3v) is 6.74. The summed E-state index contributed by atoms with van der Waals surface area (Å²) in [4.78, 5) is 36.5. The van der Waals surface area contributed by atoms with Crippen LogP contribution in [-0.2, 0) is 14.3 Å². The highest BCUT2D eigenvalue weighted by Crippen LogP contribution is 2.44. The summed E-state index contributed by atoms with van der Waals surface area (Å²) in [5.41, 5.74) is 4.55. The van der Waals surface area contributed by atoms with E-state index in [1.165, 1.54) is 11.8 Å². The number of carbonyl (C=O) groups excluding carboxylic acids is 2. The van der Waals surface area contributed by atoms with Gasteiger partial charge >= 0.3 is 12.1 Å². The lowest BCUT2D eigenvalue weighted by molar-refractivity contribution is -0.142. The van der Waals surface area contributed by atoms with E-state index in [2.05, 4.69) is 34.9 Å². The number of benzene rings is 2. The van der Waals surface area contributed by atoms with Gasteiger partial charge in [-0.2, -0.15) is 11.8 Å². The second-order valence-electron chi connectivity index (χ2n) is 8.76. The predicted molar refractivity (Wildman–Crippen MR) is 134 cm³/mol. The molecule has 3 rings (SSSR count). The molecule has 2 amide bonds. The van der Waals surface area contributed by atoms with E-state index in [1.807, 2.05) is 44.4 Å². The third-order valence-electron chi connectivity index (χ3n) is 6.10. The molecule has 0 heterocycles. The fraction of sp³-hybridized carbons (Fsp3) is 0.423. The van der Waals surface area contributed by atoms with Crippen LogP contribution in [0, 0.1) is 5.92 Å². The summed E-state index contributed by atoms with van der Waals surface area (Å²) in [6.45, 7) is 3.97. The van der Waals surface area contributed by atoms with Crippen molar-refractivity contribution in [2.45, 2.75) is 44.7 Å². The summed E-state index contributed by atoms with van der Waals surface area (Å²) < 4.78 is 5.60. The fourth-order valence-corrected chi connectivity index (χ4v) is 4.66. The van der Waals surface area contributed by atoms with Crippen LogP contribution in [0.25, 0.3) is 11.1 Å². The Kier molecular flexibility index (Phi) is 8.98. The van der Waals surface area contributed by atoms with E-state index in [1.54, 1.807) is 0 Å². The van der Waals surface area contributed by atoms with Crippen molar-refractivity contribution < 1.29 is 24.2 Å². The molecule has 2 aromatic rings. The molecule has 34 heavy (non-hydrogen) atoms. The molecule has 0 aromatic heterocycles. The van der Waals surface area contributed by atoms with Crippen molar-refractivity contribution in [3.05, 3.63) is 59.7 Å². The van der Waals surface area contributed by atoms with Gasteiger partial charge in [0.15, 0.2) is 0 Å². The van der Waals surface area contributed by atoms with Crippen molar-refractivity contribution in [1.82, 2.24) is 10.6 Å². The Morgan fingerprint density at radius 3 is 2.12 bits per heavy atom. The van der Waals surface area contributed by atoms with E-state index in [-0.39, 0.29) is 24.9 Å². The van der Waals surface area contributed by atoms with Crippen molar-refractivity contribution in [2.75, 3.05) is 18.6 Å². The Bertz CT molecular complexity index is 980. The first-order valence-electron chi connectivity index (χ1n) is 11.4. The van der Waals surface area contributed by atoms with E-state index in [9.17, 15) is 19.5 Å². The molecule has 3 N–H and O–H groups in total. The summed E-state index contributed by atoms with van der Waals surface area (Å²) in [5, 5.41) is 14.7. The number of fused-ring (bicyclic) bond motifs is 3. The number of nitrogens with one attached hydrogen (secondary N) is 2. The zero-order chi connectivity index (χ0) is 24.7. The van der Waals surface area contributed by atoms with Crippen molar-refractivity contribution in [3.63, 3.8) is 0 Å². The summed E-state index contributed by atoms with van der Waals surface area (Å²) in [6, 6.07) is 14.8. The number of thioether (sulfide) groups is 1. The fourth-order valence-electron chi connectivity index (χ4n) is 4.19. The van der Waals surface area contributed by atoms with Gasteiger partial charge < -0.3 is 20.5 Å². The summed E-state index contributed by atoms with van der Waals surface area (Å²) in [5.74, 6) is -0.936. The van der Waals surface area contributed by atoms with Gasteiger partial charge in [-0.25, -0.2) is 9.59 Å². The molecule has 1 aliphatic rings. The van der Waals surface area contributed by atoms with Gasteiger partial charge in [0, 0.05) is 18.4 Å². The lowest BCUT2D eigenvalue weighted by Gasteiger charge is -2.23. The van der Waals surface area contributed by atoms with Crippen molar-refractivity contribution in [3.8, 4) is 11.1 Å². The zero-order valence-electron chi connectivity index (χ0n) is 19.7. The van der Waals surface area contributed by atoms with Crippen LogP contribution in [0.5, 0.6) is 0 Å². The van der Waals surface area contributed by atoms with Crippen LogP contribution in [-0.4, -0.2) is 53.8 Å². The minimum atomic E-state index is -1.06. The van der Waals surface area contributed by atoms with Gasteiger partial charge in [0.05, 0.1) is 0 Å². The van der Waals surface area contributed by atoms with Crippen molar-refractivity contribution in [1.29, 1.82) is 0 Å². The van der Waals surface area contributed by atoms with Gasteiger partial charge in [0.25, 0.3) is 0 Å². The molecular weight excluding hydrogens is 452 g/mol. The van der Waals surface area contributed by atoms with Gasteiger partial charge in [0.1, 0.15) is 12.6 Å². The molecule has 0 spiro atoms. The molecule has 1 aliphatic carbocycles. The predicted octanol–water partition coefficient (Wildman–Crippen LogP) is 4.26. The number of carbonyl (C=O) groups is 3. The second kappa shape index (κ2) is 11.9. The minimum Gasteiger partial charge on any atom is -0.480 e. The molecule has 8 heteroatoms. The lowest BCUT2D eigenvalue weighted by atomic mass is 9.98. The van der Waals surface area contributed by atoms with Crippen LogP contribution in [0.3, 0.4) is 0 Å². The number of aliphatic carboxylic acids is 1. The highest BCUT2D eigenvalue weighted by Gasteiger charge is 2.30. The summed E-state index contributed by atoms with van der Waals surface area (Å²) in [6.07, 6.45) is 1.61. The van der Waals surface area contributed by atoms with Crippen LogP contribution in [0.1, 0.15) is 43.7 Å². The number of hydrogen-bond acceptors (Lipinski definition) is 5. The SMILES string of the molecule is CSCC[C@@H](NC(=O)C[C@H](NC(=O)OCC1c2ccccc2-c2ccccc21)C(C)C)C(=O)O. The topological polar surface area (TPSA) is 105 Å². The number of amides is 2. The molecule has 0 saturated heterocycles. The van der Waals surface area contributed by atoms with Crippen LogP contribution < -0.4 is 10.6 Å². The molecule has 0 bridgehead atoms. The first-order chi connectivity index (χ1) is 16.3. The minimum absolute atomic E-state index is 0.0229. The number of carboxylic acids is 1.